The van der Waals surface area contributed by atoms with Gasteiger partial charge >= 0.3 is 13.3 Å². The smallest absolute Gasteiger partial charge is 0.399 e. The van der Waals surface area contributed by atoms with Gasteiger partial charge in [0.15, 0.2) is 0 Å². The van der Waals surface area contributed by atoms with E-state index in [1.807, 2.05) is 27.7 Å². The van der Waals surface area contributed by atoms with Gasteiger partial charge in [-0.2, -0.15) is 13.2 Å². The Balaban J connectivity index is 2.42. The van der Waals surface area contributed by atoms with Crippen molar-refractivity contribution in [2.24, 2.45) is 0 Å². The Labute approximate surface area is 121 Å². The molecular weight excluding hydrogens is 291 g/mol. The standard InChI is InChI=1S/C13H15BClF3O2/c1-11(2)12(3,4)20-14(19-11)9-7-5-6-8(10(9)15)13(16,17)18/h5-7H,1-4H3. The van der Waals surface area contributed by atoms with Gasteiger partial charge in [0.25, 0.3) is 0 Å². The van der Waals surface area contributed by atoms with Crippen molar-refractivity contribution in [2.45, 2.75) is 45.1 Å². The van der Waals surface area contributed by atoms with Crippen molar-refractivity contribution in [1.82, 2.24) is 0 Å². The Kier molecular flexibility index (Phi) is 3.64. The fourth-order valence-electron chi connectivity index (χ4n) is 1.92. The van der Waals surface area contributed by atoms with Crippen LogP contribution in [0.25, 0.3) is 0 Å². The fourth-order valence-corrected chi connectivity index (χ4v) is 2.24. The van der Waals surface area contributed by atoms with Crippen LogP contribution in [0.3, 0.4) is 0 Å². The molecule has 0 unspecified atom stereocenters. The summed E-state index contributed by atoms with van der Waals surface area (Å²) in [5, 5.41) is -0.376. The van der Waals surface area contributed by atoms with Gasteiger partial charge in [0.2, 0.25) is 0 Å². The lowest BCUT2D eigenvalue weighted by Gasteiger charge is -2.32. The first-order chi connectivity index (χ1) is 8.96. The van der Waals surface area contributed by atoms with Gasteiger partial charge in [-0.15, -0.1) is 0 Å². The zero-order valence-electron chi connectivity index (χ0n) is 11.6. The van der Waals surface area contributed by atoms with Crippen LogP contribution in [0.4, 0.5) is 13.2 Å². The van der Waals surface area contributed by atoms with Crippen LogP contribution in [0.2, 0.25) is 5.02 Å². The lowest BCUT2D eigenvalue weighted by molar-refractivity contribution is -0.137. The van der Waals surface area contributed by atoms with Crippen LogP contribution in [-0.2, 0) is 15.5 Å². The number of alkyl halides is 3. The highest BCUT2D eigenvalue weighted by atomic mass is 35.5. The summed E-state index contributed by atoms with van der Waals surface area (Å²) in [4.78, 5) is 0. The first-order valence-corrected chi connectivity index (χ1v) is 6.55. The second-order valence-electron chi connectivity index (χ2n) is 5.79. The largest absolute Gasteiger partial charge is 0.496 e. The number of hydrogen-bond acceptors (Lipinski definition) is 2. The third-order valence-electron chi connectivity index (χ3n) is 3.84. The van der Waals surface area contributed by atoms with E-state index in [0.717, 1.165) is 6.07 Å². The average Bonchev–Trinajstić information content (AvgIpc) is 2.46. The van der Waals surface area contributed by atoms with Crippen molar-refractivity contribution >= 4 is 24.2 Å². The molecule has 1 aliphatic rings. The highest BCUT2D eigenvalue weighted by molar-refractivity contribution is 6.65. The van der Waals surface area contributed by atoms with Gasteiger partial charge in [-0.05, 0) is 33.8 Å². The molecule has 2 nitrogen and oxygen atoms in total. The molecule has 0 bridgehead atoms. The molecule has 2 rings (SSSR count). The average molecular weight is 307 g/mol. The molecule has 0 aliphatic carbocycles. The molecule has 1 saturated heterocycles. The summed E-state index contributed by atoms with van der Waals surface area (Å²) >= 11 is 5.88. The van der Waals surface area contributed by atoms with Gasteiger partial charge in [0.05, 0.1) is 21.8 Å². The van der Waals surface area contributed by atoms with E-state index >= 15 is 0 Å². The summed E-state index contributed by atoms with van der Waals surface area (Å²) in [6.07, 6.45) is -4.50. The molecule has 0 atom stereocenters. The zero-order chi connectivity index (χ0) is 15.3. The summed E-state index contributed by atoms with van der Waals surface area (Å²) in [7, 11) is -0.908. The number of halogens is 4. The van der Waals surface area contributed by atoms with Gasteiger partial charge in [0, 0.05) is 5.46 Å². The predicted octanol–water partition coefficient (Wildman–Crippen LogP) is 3.66. The van der Waals surface area contributed by atoms with E-state index in [0.29, 0.717) is 0 Å². The van der Waals surface area contributed by atoms with Crippen LogP contribution in [0.5, 0.6) is 0 Å². The van der Waals surface area contributed by atoms with E-state index in [4.69, 9.17) is 20.9 Å². The summed E-state index contributed by atoms with van der Waals surface area (Å²) in [5.74, 6) is 0. The van der Waals surface area contributed by atoms with Crippen LogP contribution in [0, 0.1) is 0 Å². The Morgan fingerprint density at radius 2 is 1.55 bits per heavy atom. The van der Waals surface area contributed by atoms with Crippen molar-refractivity contribution in [3.8, 4) is 0 Å². The van der Waals surface area contributed by atoms with Crippen molar-refractivity contribution < 1.29 is 22.5 Å². The van der Waals surface area contributed by atoms with E-state index in [1.54, 1.807) is 0 Å². The molecule has 20 heavy (non-hydrogen) atoms. The second kappa shape index (κ2) is 4.65. The van der Waals surface area contributed by atoms with Crippen LogP contribution in [0.15, 0.2) is 18.2 Å². The first kappa shape index (κ1) is 15.7. The minimum Gasteiger partial charge on any atom is -0.399 e. The minimum atomic E-state index is -4.50. The molecule has 1 aromatic rings. The molecule has 1 heterocycles. The predicted molar refractivity (Wildman–Crippen MR) is 72.2 cm³/mol. The van der Waals surface area contributed by atoms with Crippen LogP contribution >= 0.6 is 11.6 Å². The highest BCUT2D eigenvalue weighted by Crippen LogP contribution is 2.38. The molecule has 7 heteroatoms. The molecule has 110 valence electrons. The molecule has 0 aromatic heterocycles. The molecule has 0 saturated carbocycles. The van der Waals surface area contributed by atoms with E-state index in [2.05, 4.69) is 0 Å². The number of hydrogen-bond donors (Lipinski definition) is 0. The van der Waals surface area contributed by atoms with Crippen molar-refractivity contribution in [1.29, 1.82) is 0 Å². The highest BCUT2D eigenvalue weighted by Gasteiger charge is 2.52. The normalized spacial score (nSPS) is 21.3. The van der Waals surface area contributed by atoms with E-state index in [9.17, 15) is 13.2 Å². The molecule has 1 aromatic carbocycles. The Hall–Kier alpha value is -0.715. The Bertz CT molecular complexity index is 513. The van der Waals surface area contributed by atoms with Gasteiger partial charge in [-0.3, -0.25) is 0 Å². The van der Waals surface area contributed by atoms with E-state index in [1.165, 1.54) is 12.1 Å². The monoisotopic (exact) mass is 306 g/mol. The maximum absolute atomic E-state index is 12.9. The lowest BCUT2D eigenvalue weighted by Crippen LogP contribution is -2.41. The van der Waals surface area contributed by atoms with Crippen molar-refractivity contribution in [3.63, 3.8) is 0 Å². The third-order valence-corrected chi connectivity index (χ3v) is 4.26. The van der Waals surface area contributed by atoms with E-state index < -0.39 is 30.1 Å². The molecule has 1 aliphatic heterocycles. The summed E-state index contributed by atoms with van der Waals surface area (Å²) < 4.78 is 50.0. The Morgan fingerprint density at radius 3 is 2.00 bits per heavy atom. The van der Waals surface area contributed by atoms with Gasteiger partial charge in [-0.25, -0.2) is 0 Å². The summed E-state index contributed by atoms with van der Waals surface area (Å²) in [5.41, 5.74) is -1.95. The third kappa shape index (κ3) is 2.56. The zero-order valence-corrected chi connectivity index (χ0v) is 12.4. The molecule has 1 fully saturated rings. The lowest BCUT2D eigenvalue weighted by atomic mass is 9.78. The van der Waals surface area contributed by atoms with Gasteiger partial charge < -0.3 is 9.31 Å². The van der Waals surface area contributed by atoms with Crippen LogP contribution in [-0.4, -0.2) is 18.3 Å². The minimum absolute atomic E-state index is 0.195. The van der Waals surface area contributed by atoms with Gasteiger partial charge in [0.1, 0.15) is 0 Å². The van der Waals surface area contributed by atoms with Crippen molar-refractivity contribution in [2.75, 3.05) is 0 Å². The summed E-state index contributed by atoms with van der Waals surface area (Å²) in [6.45, 7) is 7.31. The van der Waals surface area contributed by atoms with Crippen molar-refractivity contribution in [3.05, 3.63) is 28.8 Å². The SMILES string of the molecule is CC1(C)OB(c2cccc(C(F)(F)F)c2Cl)OC1(C)C. The van der Waals surface area contributed by atoms with E-state index in [-0.39, 0.29) is 10.5 Å². The Morgan fingerprint density at radius 1 is 1.05 bits per heavy atom. The number of rotatable bonds is 1. The van der Waals surface area contributed by atoms with Crippen LogP contribution in [0.1, 0.15) is 33.3 Å². The summed E-state index contributed by atoms with van der Waals surface area (Å²) in [6, 6.07) is 3.73. The second-order valence-corrected chi connectivity index (χ2v) is 6.17. The quantitative estimate of drug-likeness (QED) is 0.737. The molecule has 0 radical (unpaired) electrons. The molecule has 0 amide bonds. The topological polar surface area (TPSA) is 18.5 Å². The number of benzene rings is 1. The molecule has 0 N–H and O–H groups in total. The molecule has 0 spiro atoms. The van der Waals surface area contributed by atoms with Crippen LogP contribution < -0.4 is 5.46 Å². The van der Waals surface area contributed by atoms with Gasteiger partial charge in [-0.1, -0.05) is 23.7 Å². The fraction of sp³-hybridized carbons (Fsp3) is 0.538. The first-order valence-electron chi connectivity index (χ1n) is 6.17. The maximum Gasteiger partial charge on any atom is 0.496 e. The maximum atomic E-state index is 12.9. The molecular formula is C13H15BClF3O2.